The minimum atomic E-state index is 0.581. The molecule has 122 valence electrons. The van der Waals surface area contributed by atoms with E-state index >= 15 is 0 Å². The van der Waals surface area contributed by atoms with Crippen LogP contribution >= 0.6 is 0 Å². The van der Waals surface area contributed by atoms with E-state index in [2.05, 4.69) is 71.1 Å². The maximum absolute atomic E-state index is 4.45. The van der Waals surface area contributed by atoms with Crippen molar-refractivity contribution in [2.75, 3.05) is 35.2 Å². The van der Waals surface area contributed by atoms with Crippen LogP contribution in [0.5, 0.6) is 0 Å². The van der Waals surface area contributed by atoms with Gasteiger partial charge in [-0.15, -0.1) is 6.58 Å². The number of nitrogens with one attached hydrogen (secondary N) is 2. The Morgan fingerprint density at radius 1 is 1.22 bits per heavy atom. The van der Waals surface area contributed by atoms with E-state index in [9.17, 15) is 0 Å². The minimum absolute atomic E-state index is 0.581. The Balaban J connectivity index is 2.15. The second-order valence-corrected chi connectivity index (χ2v) is 5.23. The molecule has 1 heterocycles. The Kier molecular flexibility index (Phi) is 5.97. The Labute approximate surface area is 138 Å². The lowest BCUT2D eigenvalue weighted by molar-refractivity contribution is 0.866. The van der Waals surface area contributed by atoms with E-state index in [4.69, 9.17) is 0 Å². The summed E-state index contributed by atoms with van der Waals surface area (Å²) in [6.45, 7) is 12.8. The van der Waals surface area contributed by atoms with Crippen LogP contribution in [0.1, 0.15) is 19.4 Å². The van der Waals surface area contributed by atoms with Crippen molar-refractivity contribution in [1.29, 1.82) is 0 Å². The molecule has 0 bridgehead atoms. The van der Waals surface area contributed by atoms with E-state index in [1.165, 1.54) is 11.3 Å². The van der Waals surface area contributed by atoms with Crippen LogP contribution in [0, 0.1) is 6.92 Å². The zero-order valence-corrected chi connectivity index (χ0v) is 14.1. The molecule has 2 rings (SSSR count). The number of aromatic nitrogens is 2. The van der Waals surface area contributed by atoms with Gasteiger partial charge in [0, 0.05) is 37.2 Å². The molecular weight excluding hydrogens is 286 g/mol. The van der Waals surface area contributed by atoms with Gasteiger partial charge in [-0.25, -0.2) is 4.98 Å². The van der Waals surface area contributed by atoms with Gasteiger partial charge in [0.05, 0.1) is 0 Å². The summed E-state index contributed by atoms with van der Waals surface area (Å²) in [6, 6.07) is 8.23. The number of nitrogens with zero attached hydrogens (tertiary/aromatic N) is 3. The number of rotatable bonds is 8. The minimum Gasteiger partial charge on any atom is -0.372 e. The van der Waals surface area contributed by atoms with Crippen LogP contribution in [0.4, 0.5) is 23.1 Å². The third-order valence-electron chi connectivity index (χ3n) is 3.67. The lowest BCUT2D eigenvalue weighted by Gasteiger charge is -2.22. The summed E-state index contributed by atoms with van der Waals surface area (Å²) in [5, 5.41) is 6.44. The van der Waals surface area contributed by atoms with E-state index in [-0.39, 0.29) is 0 Å². The van der Waals surface area contributed by atoms with Gasteiger partial charge in [0.2, 0.25) is 5.95 Å². The molecule has 0 aliphatic rings. The molecule has 2 aromatic rings. The maximum Gasteiger partial charge on any atom is 0.229 e. The molecule has 0 saturated heterocycles. The number of hydrogen-bond acceptors (Lipinski definition) is 5. The van der Waals surface area contributed by atoms with Crippen molar-refractivity contribution >= 4 is 23.1 Å². The van der Waals surface area contributed by atoms with E-state index < -0.39 is 0 Å². The van der Waals surface area contributed by atoms with Crippen LogP contribution in [0.3, 0.4) is 0 Å². The summed E-state index contributed by atoms with van der Waals surface area (Å²) in [5.74, 6) is 1.36. The number of aryl methyl sites for hydroxylation is 1. The molecule has 0 fully saturated rings. The summed E-state index contributed by atoms with van der Waals surface area (Å²) < 4.78 is 0. The van der Waals surface area contributed by atoms with Gasteiger partial charge in [-0.3, -0.25) is 0 Å². The molecule has 1 aromatic heterocycles. The molecule has 0 spiro atoms. The Hall–Kier alpha value is -2.56. The third-order valence-corrected chi connectivity index (χ3v) is 3.67. The summed E-state index contributed by atoms with van der Waals surface area (Å²) in [7, 11) is 0. The van der Waals surface area contributed by atoms with Crippen molar-refractivity contribution in [3.63, 3.8) is 0 Å². The van der Waals surface area contributed by atoms with E-state index in [0.29, 0.717) is 12.5 Å². The van der Waals surface area contributed by atoms with Crippen molar-refractivity contribution in [1.82, 2.24) is 9.97 Å². The van der Waals surface area contributed by atoms with E-state index in [1.54, 1.807) is 12.3 Å². The predicted octanol–water partition coefficient (Wildman–Crippen LogP) is 3.97. The molecule has 23 heavy (non-hydrogen) atoms. The van der Waals surface area contributed by atoms with Crippen molar-refractivity contribution < 1.29 is 0 Å². The molecule has 0 radical (unpaired) electrons. The van der Waals surface area contributed by atoms with Gasteiger partial charge in [0.1, 0.15) is 5.82 Å². The second kappa shape index (κ2) is 8.17. The van der Waals surface area contributed by atoms with Crippen LogP contribution < -0.4 is 15.5 Å². The normalized spacial score (nSPS) is 10.2. The van der Waals surface area contributed by atoms with Crippen LogP contribution in [-0.2, 0) is 0 Å². The average molecular weight is 311 g/mol. The Bertz CT molecular complexity index is 650. The molecule has 0 aliphatic heterocycles. The topological polar surface area (TPSA) is 53.1 Å². The third kappa shape index (κ3) is 4.45. The first kappa shape index (κ1) is 16.8. The molecule has 5 heteroatoms. The summed E-state index contributed by atoms with van der Waals surface area (Å²) in [6.07, 6.45) is 3.53. The Morgan fingerprint density at radius 3 is 2.65 bits per heavy atom. The van der Waals surface area contributed by atoms with Crippen LogP contribution in [0.2, 0.25) is 0 Å². The lowest BCUT2D eigenvalue weighted by atomic mass is 10.1. The van der Waals surface area contributed by atoms with Gasteiger partial charge in [-0.2, -0.15) is 4.98 Å². The highest BCUT2D eigenvalue weighted by atomic mass is 15.1. The first-order valence-electron chi connectivity index (χ1n) is 7.98. The Morgan fingerprint density at radius 2 is 2.00 bits per heavy atom. The van der Waals surface area contributed by atoms with Gasteiger partial charge in [-0.1, -0.05) is 6.08 Å². The highest BCUT2D eigenvalue weighted by Crippen LogP contribution is 2.24. The molecule has 0 atom stereocenters. The largest absolute Gasteiger partial charge is 0.372 e. The SMILES string of the molecule is C=CCNc1ccnc(Nc2ccc(N(CC)CC)cc2C)n1. The number of anilines is 4. The first-order chi connectivity index (χ1) is 11.2. The van der Waals surface area contributed by atoms with Crippen molar-refractivity contribution in [2.45, 2.75) is 20.8 Å². The van der Waals surface area contributed by atoms with Gasteiger partial charge < -0.3 is 15.5 Å². The van der Waals surface area contributed by atoms with Crippen molar-refractivity contribution in [3.8, 4) is 0 Å². The average Bonchev–Trinajstić information content (AvgIpc) is 2.57. The van der Waals surface area contributed by atoms with Gasteiger partial charge >= 0.3 is 0 Å². The highest BCUT2D eigenvalue weighted by Gasteiger charge is 2.06. The predicted molar refractivity (Wildman–Crippen MR) is 98.7 cm³/mol. The van der Waals surface area contributed by atoms with Gasteiger partial charge in [0.25, 0.3) is 0 Å². The molecule has 1 aromatic carbocycles. The maximum atomic E-state index is 4.45. The summed E-state index contributed by atoms with van der Waals surface area (Å²) in [5.41, 5.74) is 3.42. The fourth-order valence-corrected chi connectivity index (χ4v) is 2.39. The molecule has 0 aliphatic carbocycles. The quantitative estimate of drug-likeness (QED) is 0.722. The molecule has 0 saturated carbocycles. The van der Waals surface area contributed by atoms with E-state index in [0.717, 1.165) is 24.6 Å². The smallest absolute Gasteiger partial charge is 0.229 e. The molecule has 0 amide bonds. The molecular formula is C18H25N5. The van der Waals surface area contributed by atoms with E-state index in [1.807, 2.05) is 6.07 Å². The van der Waals surface area contributed by atoms with Gasteiger partial charge in [0.15, 0.2) is 0 Å². The van der Waals surface area contributed by atoms with Crippen LogP contribution in [0.25, 0.3) is 0 Å². The standard InChI is InChI=1S/C18H25N5/c1-5-11-19-17-10-12-20-18(22-17)21-16-9-8-15(13-14(16)4)23(6-2)7-3/h5,8-10,12-13H,1,6-7,11H2,2-4H3,(H2,19,20,21,22). The zero-order valence-electron chi connectivity index (χ0n) is 14.1. The molecule has 2 N–H and O–H groups in total. The number of hydrogen-bond donors (Lipinski definition) is 2. The van der Waals surface area contributed by atoms with Crippen LogP contribution in [0.15, 0.2) is 43.1 Å². The first-order valence-corrected chi connectivity index (χ1v) is 7.98. The van der Waals surface area contributed by atoms with Gasteiger partial charge in [-0.05, 0) is 50.6 Å². The molecule has 5 nitrogen and oxygen atoms in total. The molecule has 0 unspecified atom stereocenters. The fraction of sp³-hybridized carbons (Fsp3) is 0.333. The summed E-state index contributed by atoms with van der Waals surface area (Å²) >= 11 is 0. The zero-order chi connectivity index (χ0) is 16.7. The fourth-order valence-electron chi connectivity index (χ4n) is 2.39. The van der Waals surface area contributed by atoms with Crippen molar-refractivity contribution in [2.24, 2.45) is 0 Å². The monoisotopic (exact) mass is 311 g/mol. The second-order valence-electron chi connectivity index (χ2n) is 5.23. The summed E-state index contributed by atoms with van der Waals surface area (Å²) in [4.78, 5) is 11.0. The van der Waals surface area contributed by atoms with Crippen molar-refractivity contribution in [3.05, 3.63) is 48.7 Å². The van der Waals surface area contributed by atoms with Crippen LogP contribution in [-0.4, -0.2) is 29.6 Å². The lowest BCUT2D eigenvalue weighted by Crippen LogP contribution is -2.21. The highest BCUT2D eigenvalue weighted by molar-refractivity contribution is 5.64. The number of benzene rings is 1.